The van der Waals surface area contributed by atoms with Crippen molar-refractivity contribution in [1.29, 1.82) is 0 Å². The van der Waals surface area contributed by atoms with Crippen molar-refractivity contribution >= 4 is 21.8 Å². The molecule has 0 amide bonds. The van der Waals surface area contributed by atoms with Gasteiger partial charge in [0, 0.05) is 6.54 Å². The Hall–Kier alpha value is 0.130. The van der Waals surface area contributed by atoms with Crippen molar-refractivity contribution in [2.24, 2.45) is 0 Å². The molecular formula is C3H7ClFNO2S. The average Bonchev–Trinajstić information content (AvgIpc) is 1.86. The maximum Gasteiger partial charge on any atom is 0.256 e. The molecule has 3 nitrogen and oxygen atoms in total. The fourth-order valence-electron chi connectivity index (χ4n) is 0.250. The van der Waals surface area contributed by atoms with E-state index in [-0.39, 0.29) is 6.54 Å². The monoisotopic (exact) mass is 175 g/mol. The highest BCUT2D eigenvalue weighted by molar-refractivity contribution is 7.89. The van der Waals surface area contributed by atoms with E-state index in [0.29, 0.717) is 3.82 Å². The van der Waals surface area contributed by atoms with Crippen LogP contribution in [0.2, 0.25) is 0 Å². The minimum Gasteiger partial charge on any atom is -0.232 e. The van der Waals surface area contributed by atoms with Crippen LogP contribution in [0.3, 0.4) is 0 Å². The highest BCUT2D eigenvalue weighted by Crippen LogP contribution is 2.03. The SMILES string of the molecule is CCN(Cl)S(=O)(=O)CF. The molecule has 0 fully saturated rings. The number of rotatable bonds is 3. The molecule has 0 spiro atoms. The molecule has 0 aliphatic rings. The van der Waals surface area contributed by atoms with Crippen LogP contribution in [0, 0.1) is 0 Å². The molecule has 0 atom stereocenters. The Labute approximate surface area is 58.6 Å². The molecule has 0 unspecified atom stereocenters. The number of hydrogen-bond acceptors (Lipinski definition) is 2. The first-order valence-electron chi connectivity index (χ1n) is 2.26. The Bertz CT molecular complexity index is 169. The second-order valence-corrected chi connectivity index (χ2v) is 3.76. The Kier molecular flexibility index (Phi) is 3.38. The Morgan fingerprint density at radius 2 is 2.11 bits per heavy atom. The van der Waals surface area contributed by atoms with Crippen LogP contribution in [0.5, 0.6) is 0 Å². The number of hydrogen-bond donors (Lipinski definition) is 0. The smallest absolute Gasteiger partial charge is 0.232 e. The van der Waals surface area contributed by atoms with E-state index >= 15 is 0 Å². The van der Waals surface area contributed by atoms with Gasteiger partial charge in [-0.25, -0.2) is 12.8 Å². The summed E-state index contributed by atoms with van der Waals surface area (Å²) in [4.78, 5) is 0. The van der Waals surface area contributed by atoms with E-state index in [4.69, 9.17) is 11.8 Å². The number of sulfonamides is 1. The first-order chi connectivity index (χ1) is 4.04. The molecule has 0 rings (SSSR count). The molecule has 0 bridgehead atoms. The van der Waals surface area contributed by atoms with Gasteiger partial charge in [-0.15, -0.1) is 3.82 Å². The van der Waals surface area contributed by atoms with Gasteiger partial charge < -0.3 is 0 Å². The van der Waals surface area contributed by atoms with Gasteiger partial charge in [-0.05, 0) is 18.7 Å². The van der Waals surface area contributed by atoms with Crippen LogP contribution in [0.15, 0.2) is 0 Å². The third-order valence-corrected chi connectivity index (χ3v) is 2.70. The molecule has 0 saturated carbocycles. The van der Waals surface area contributed by atoms with Crippen LogP contribution < -0.4 is 0 Å². The zero-order valence-electron chi connectivity index (χ0n) is 4.84. The van der Waals surface area contributed by atoms with Gasteiger partial charge in [0.1, 0.15) is 0 Å². The van der Waals surface area contributed by atoms with Crippen molar-refractivity contribution in [2.45, 2.75) is 6.92 Å². The lowest BCUT2D eigenvalue weighted by atomic mass is 10.8. The van der Waals surface area contributed by atoms with E-state index in [1.54, 1.807) is 0 Å². The first-order valence-corrected chi connectivity index (χ1v) is 4.21. The van der Waals surface area contributed by atoms with Gasteiger partial charge in [0.15, 0.2) is 0 Å². The lowest BCUT2D eigenvalue weighted by Crippen LogP contribution is -2.22. The molecular weight excluding hydrogens is 169 g/mol. The standard InChI is InChI=1S/C3H7ClFNO2S/c1-2-6(4)9(7,8)3-5/h2-3H2,1H3. The summed E-state index contributed by atoms with van der Waals surface area (Å²) in [5.74, 6) is 0. The van der Waals surface area contributed by atoms with Gasteiger partial charge in [-0.2, -0.15) is 0 Å². The second kappa shape index (κ2) is 3.34. The van der Waals surface area contributed by atoms with Crippen LogP contribution in [0.25, 0.3) is 0 Å². The Morgan fingerprint density at radius 1 is 1.67 bits per heavy atom. The summed E-state index contributed by atoms with van der Waals surface area (Å²) in [5, 5.41) is 0. The molecule has 6 heteroatoms. The predicted octanol–water partition coefficient (Wildman–Crippen LogP) is 0.719. The van der Waals surface area contributed by atoms with Crippen molar-refractivity contribution in [1.82, 2.24) is 3.82 Å². The summed E-state index contributed by atoms with van der Waals surface area (Å²) >= 11 is 5.06. The van der Waals surface area contributed by atoms with Crippen LogP contribution in [-0.4, -0.2) is 24.8 Å². The zero-order valence-corrected chi connectivity index (χ0v) is 6.41. The first kappa shape index (κ1) is 9.13. The molecule has 0 aromatic carbocycles. The summed E-state index contributed by atoms with van der Waals surface area (Å²) in [6, 6.07) is -1.44. The molecule has 56 valence electrons. The second-order valence-electron chi connectivity index (χ2n) is 1.32. The van der Waals surface area contributed by atoms with Crippen LogP contribution in [0.4, 0.5) is 4.39 Å². The van der Waals surface area contributed by atoms with Crippen molar-refractivity contribution in [3.05, 3.63) is 0 Å². The van der Waals surface area contributed by atoms with Gasteiger partial charge in [-0.1, -0.05) is 0 Å². The highest BCUT2D eigenvalue weighted by atomic mass is 35.5. The van der Waals surface area contributed by atoms with Crippen molar-refractivity contribution in [2.75, 3.05) is 12.6 Å². The fraction of sp³-hybridized carbons (Fsp3) is 1.00. The normalized spacial score (nSPS) is 12.4. The van der Waals surface area contributed by atoms with Gasteiger partial charge in [-0.3, -0.25) is 0 Å². The predicted molar refractivity (Wildman–Crippen MR) is 33.1 cm³/mol. The molecule has 0 saturated heterocycles. The van der Waals surface area contributed by atoms with Gasteiger partial charge in [0.05, 0.1) is 0 Å². The van der Waals surface area contributed by atoms with E-state index in [1.165, 1.54) is 6.92 Å². The third-order valence-electron chi connectivity index (χ3n) is 0.688. The zero-order chi connectivity index (χ0) is 7.49. The van der Waals surface area contributed by atoms with E-state index in [9.17, 15) is 12.8 Å². The maximum absolute atomic E-state index is 11.5. The molecule has 0 N–H and O–H groups in total. The molecule has 9 heavy (non-hydrogen) atoms. The van der Waals surface area contributed by atoms with E-state index in [0.717, 1.165) is 0 Å². The summed E-state index contributed by atoms with van der Waals surface area (Å²) in [7, 11) is -3.82. The largest absolute Gasteiger partial charge is 0.256 e. The van der Waals surface area contributed by atoms with Crippen LogP contribution in [0.1, 0.15) is 6.92 Å². The van der Waals surface area contributed by atoms with Crippen molar-refractivity contribution in [3.63, 3.8) is 0 Å². The Morgan fingerprint density at radius 3 is 2.22 bits per heavy atom. The van der Waals surface area contributed by atoms with Crippen molar-refractivity contribution < 1.29 is 12.8 Å². The van der Waals surface area contributed by atoms with Crippen LogP contribution in [-0.2, 0) is 10.0 Å². The third kappa shape index (κ3) is 2.47. The summed E-state index contributed by atoms with van der Waals surface area (Å²) < 4.78 is 32.6. The van der Waals surface area contributed by atoms with E-state index < -0.39 is 16.0 Å². The van der Waals surface area contributed by atoms with Gasteiger partial charge in [0.25, 0.3) is 10.0 Å². The number of nitrogens with zero attached hydrogens (tertiary/aromatic N) is 1. The molecule has 0 aromatic heterocycles. The lowest BCUT2D eigenvalue weighted by molar-refractivity contribution is 0.497. The molecule has 0 heterocycles. The molecule has 0 aliphatic carbocycles. The minimum absolute atomic E-state index is 0.0772. The molecule has 0 radical (unpaired) electrons. The quantitative estimate of drug-likeness (QED) is 0.593. The molecule has 0 aliphatic heterocycles. The maximum atomic E-state index is 11.5. The summed E-state index contributed by atoms with van der Waals surface area (Å²) in [6.45, 7) is 1.59. The number of halogens is 2. The van der Waals surface area contributed by atoms with Gasteiger partial charge in [0.2, 0.25) is 6.01 Å². The van der Waals surface area contributed by atoms with E-state index in [2.05, 4.69) is 0 Å². The van der Waals surface area contributed by atoms with Gasteiger partial charge >= 0.3 is 0 Å². The topological polar surface area (TPSA) is 37.4 Å². The minimum atomic E-state index is -3.82. The highest BCUT2D eigenvalue weighted by Gasteiger charge is 2.16. The van der Waals surface area contributed by atoms with Crippen molar-refractivity contribution in [3.8, 4) is 0 Å². The average molecular weight is 176 g/mol. The Balaban J connectivity index is 4.17. The molecule has 0 aromatic rings. The summed E-state index contributed by atoms with van der Waals surface area (Å²) in [5.41, 5.74) is 0. The lowest BCUT2D eigenvalue weighted by Gasteiger charge is -2.06. The number of alkyl halides is 1. The fourth-order valence-corrected chi connectivity index (χ4v) is 0.860. The van der Waals surface area contributed by atoms with Crippen LogP contribution >= 0.6 is 11.8 Å². The van der Waals surface area contributed by atoms with E-state index in [1.807, 2.05) is 0 Å². The summed E-state index contributed by atoms with van der Waals surface area (Å²) in [6.07, 6.45) is 0.